The molecular formula is C23H29N4O2S+. The highest BCUT2D eigenvalue weighted by molar-refractivity contribution is 7.19. The number of morpholine rings is 1. The third-order valence-electron chi connectivity index (χ3n) is 6.10. The van der Waals surface area contributed by atoms with Gasteiger partial charge in [-0.1, -0.05) is 18.2 Å². The molecule has 2 aromatic heterocycles. The number of hydrogen-bond donors (Lipinski definition) is 2. The molecule has 3 aromatic rings. The molecule has 0 saturated carbocycles. The fourth-order valence-electron chi connectivity index (χ4n) is 4.53. The van der Waals surface area contributed by atoms with E-state index in [1.807, 2.05) is 23.5 Å². The average Bonchev–Trinajstić information content (AvgIpc) is 3.36. The third kappa shape index (κ3) is 4.02. The van der Waals surface area contributed by atoms with Crippen LogP contribution in [0.15, 0.2) is 24.3 Å². The predicted molar refractivity (Wildman–Crippen MR) is 120 cm³/mol. The van der Waals surface area contributed by atoms with Crippen LogP contribution >= 0.6 is 11.3 Å². The topological polar surface area (TPSA) is 60.7 Å². The number of methoxy groups -OCH3 is 1. The van der Waals surface area contributed by atoms with Crippen molar-refractivity contribution >= 4 is 27.4 Å². The van der Waals surface area contributed by atoms with Gasteiger partial charge in [-0.3, -0.25) is 0 Å². The van der Waals surface area contributed by atoms with Crippen LogP contribution in [0.1, 0.15) is 28.2 Å². The fraction of sp³-hybridized carbons (Fsp3) is 0.478. The van der Waals surface area contributed by atoms with Gasteiger partial charge >= 0.3 is 0 Å². The lowest BCUT2D eigenvalue weighted by Crippen LogP contribution is -3.12. The first-order valence-electron chi connectivity index (χ1n) is 10.9. The monoisotopic (exact) mass is 425 g/mol. The van der Waals surface area contributed by atoms with E-state index >= 15 is 0 Å². The molecule has 158 valence electrons. The first-order valence-corrected chi connectivity index (χ1v) is 11.7. The van der Waals surface area contributed by atoms with Gasteiger partial charge in [0.25, 0.3) is 0 Å². The Hall–Kier alpha value is -2.22. The van der Waals surface area contributed by atoms with Crippen molar-refractivity contribution in [2.24, 2.45) is 0 Å². The minimum absolute atomic E-state index is 0.820. The van der Waals surface area contributed by atoms with E-state index in [0.29, 0.717) is 0 Å². The van der Waals surface area contributed by atoms with Crippen molar-refractivity contribution < 1.29 is 14.4 Å². The maximum atomic E-state index is 5.51. The highest BCUT2D eigenvalue weighted by atomic mass is 32.1. The van der Waals surface area contributed by atoms with Crippen LogP contribution in [0.5, 0.6) is 5.75 Å². The number of aromatic nitrogens is 2. The fourth-order valence-corrected chi connectivity index (χ4v) is 5.81. The summed E-state index contributed by atoms with van der Waals surface area (Å²) in [7, 11) is 1.73. The Bertz CT molecular complexity index is 1030. The summed E-state index contributed by atoms with van der Waals surface area (Å²) in [4.78, 5) is 14.1. The summed E-state index contributed by atoms with van der Waals surface area (Å²) < 4.78 is 11.0. The summed E-state index contributed by atoms with van der Waals surface area (Å²) in [5.74, 6) is 2.90. The number of benzene rings is 1. The Labute approximate surface area is 181 Å². The van der Waals surface area contributed by atoms with Gasteiger partial charge in [0.1, 0.15) is 36.0 Å². The van der Waals surface area contributed by atoms with E-state index in [-0.39, 0.29) is 0 Å². The molecule has 2 aliphatic rings. The van der Waals surface area contributed by atoms with Crippen molar-refractivity contribution in [3.63, 3.8) is 0 Å². The zero-order valence-corrected chi connectivity index (χ0v) is 18.3. The van der Waals surface area contributed by atoms with Gasteiger partial charge in [-0.25, -0.2) is 9.97 Å². The lowest BCUT2D eigenvalue weighted by molar-refractivity contribution is -0.922. The zero-order chi connectivity index (χ0) is 20.3. The van der Waals surface area contributed by atoms with Crippen molar-refractivity contribution in [2.45, 2.75) is 32.2 Å². The minimum atomic E-state index is 0.820. The van der Waals surface area contributed by atoms with Crippen LogP contribution in [-0.2, 0) is 30.5 Å². The second kappa shape index (κ2) is 8.88. The Morgan fingerprint density at radius 1 is 1.17 bits per heavy atom. The molecule has 6 nitrogen and oxygen atoms in total. The lowest BCUT2D eigenvalue weighted by atomic mass is 10.1. The van der Waals surface area contributed by atoms with Gasteiger partial charge in [0.2, 0.25) is 0 Å². The number of rotatable bonds is 7. The normalized spacial score (nSPS) is 16.7. The zero-order valence-electron chi connectivity index (χ0n) is 17.5. The molecule has 0 radical (unpaired) electrons. The standard InChI is InChI=1S/C23H28N4O2S/c1-28-18-7-3-2-5-16(18)9-10-24-22-21-17-6-4-8-19(17)30-23(21)26-20(25-22)15-27-11-13-29-14-12-27/h2-3,5,7H,4,6,8-15H2,1H3,(H,24,25,26)/p+1. The Kier molecular flexibility index (Phi) is 5.84. The van der Waals surface area contributed by atoms with Crippen molar-refractivity contribution in [2.75, 3.05) is 45.3 Å². The molecule has 2 N–H and O–H groups in total. The summed E-state index contributed by atoms with van der Waals surface area (Å²) in [5, 5.41) is 4.90. The van der Waals surface area contributed by atoms with Gasteiger partial charge in [-0.2, -0.15) is 0 Å². The number of nitrogens with zero attached hydrogens (tertiary/aromatic N) is 2. The molecule has 1 aliphatic carbocycles. The van der Waals surface area contributed by atoms with Gasteiger partial charge < -0.3 is 19.7 Å². The molecule has 0 amide bonds. The molecule has 0 atom stereocenters. The van der Waals surface area contributed by atoms with E-state index in [2.05, 4.69) is 17.4 Å². The predicted octanol–water partition coefficient (Wildman–Crippen LogP) is 2.26. The molecule has 1 saturated heterocycles. The van der Waals surface area contributed by atoms with E-state index in [9.17, 15) is 0 Å². The summed E-state index contributed by atoms with van der Waals surface area (Å²) in [5.41, 5.74) is 2.69. The molecule has 30 heavy (non-hydrogen) atoms. The van der Waals surface area contributed by atoms with Crippen LogP contribution in [0.4, 0.5) is 5.82 Å². The van der Waals surface area contributed by atoms with Crippen LogP contribution in [0.3, 0.4) is 0 Å². The SMILES string of the molecule is COc1ccccc1CCNc1nc(C[NH+]2CCOCC2)nc2sc3c(c12)CCC3. The van der Waals surface area contributed by atoms with Crippen LogP contribution in [-0.4, -0.2) is 49.9 Å². The first kappa shape index (κ1) is 19.7. The lowest BCUT2D eigenvalue weighted by Gasteiger charge is -2.23. The number of anilines is 1. The largest absolute Gasteiger partial charge is 0.496 e. The minimum Gasteiger partial charge on any atom is -0.496 e. The molecule has 5 rings (SSSR count). The van der Waals surface area contributed by atoms with E-state index < -0.39 is 0 Å². The number of fused-ring (bicyclic) bond motifs is 3. The van der Waals surface area contributed by atoms with E-state index in [0.717, 1.165) is 74.5 Å². The number of quaternary nitrogens is 1. The molecule has 1 aromatic carbocycles. The number of hydrogen-bond acceptors (Lipinski definition) is 6. The maximum absolute atomic E-state index is 5.51. The molecule has 7 heteroatoms. The number of thiophene rings is 1. The second-order valence-corrected chi connectivity index (χ2v) is 9.14. The first-order chi connectivity index (χ1) is 14.8. The summed E-state index contributed by atoms with van der Waals surface area (Å²) in [6.45, 7) is 5.39. The molecule has 1 aliphatic heterocycles. The summed E-state index contributed by atoms with van der Waals surface area (Å²) in [6, 6.07) is 8.23. The van der Waals surface area contributed by atoms with E-state index in [1.165, 1.54) is 39.1 Å². The number of aryl methyl sites for hydroxylation is 2. The number of para-hydroxylation sites is 1. The number of nitrogens with one attached hydrogen (secondary N) is 2. The van der Waals surface area contributed by atoms with Gasteiger partial charge in [0.15, 0.2) is 5.82 Å². The highest BCUT2D eigenvalue weighted by Gasteiger charge is 2.24. The molecular weight excluding hydrogens is 396 g/mol. The number of ether oxygens (including phenoxy) is 2. The van der Waals surface area contributed by atoms with Crippen molar-refractivity contribution in [3.05, 3.63) is 46.1 Å². The van der Waals surface area contributed by atoms with Crippen LogP contribution < -0.4 is 15.0 Å². The molecule has 0 spiro atoms. The van der Waals surface area contributed by atoms with E-state index in [4.69, 9.17) is 19.4 Å². The van der Waals surface area contributed by atoms with Crippen LogP contribution in [0, 0.1) is 0 Å². The quantitative estimate of drug-likeness (QED) is 0.608. The van der Waals surface area contributed by atoms with Gasteiger partial charge in [-0.15, -0.1) is 11.3 Å². The van der Waals surface area contributed by atoms with Gasteiger partial charge in [-0.05, 0) is 42.9 Å². The second-order valence-electron chi connectivity index (χ2n) is 8.05. The highest BCUT2D eigenvalue weighted by Crippen LogP contribution is 2.39. The van der Waals surface area contributed by atoms with Gasteiger partial charge in [0.05, 0.1) is 25.7 Å². The van der Waals surface area contributed by atoms with Crippen molar-refractivity contribution in [1.29, 1.82) is 0 Å². The average molecular weight is 426 g/mol. The summed E-state index contributed by atoms with van der Waals surface area (Å²) >= 11 is 1.87. The Morgan fingerprint density at radius 3 is 2.90 bits per heavy atom. The van der Waals surface area contributed by atoms with Crippen molar-refractivity contribution in [1.82, 2.24) is 9.97 Å². The van der Waals surface area contributed by atoms with Crippen LogP contribution in [0.2, 0.25) is 0 Å². The van der Waals surface area contributed by atoms with Crippen LogP contribution in [0.25, 0.3) is 10.2 Å². The van der Waals surface area contributed by atoms with Gasteiger partial charge in [0, 0.05) is 11.4 Å². The van der Waals surface area contributed by atoms with E-state index in [1.54, 1.807) is 7.11 Å². The smallest absolute Gasteiger partial charge is 0.187 e. The Morgan fingerprint density at radius 2 is 2.03 bits per heavy atom. The molecule has 1 fully saturated rings. The maximum Gasteiger partial charge on any atom is 0.187 e. The molecule has 0 unspecified atom stereocenters. The molecule has 0 bridgehead atoms. The Balaban J connectivity index is 1.40. The summed E-state index contributed by atoms with van der Waals surface area (Å²) in [6.07, 6.45) is 4.47. The third-order valence-corrected chi connectivity index (χ3v) is 7.28. The molecule has 3 heterocycles. The van der Waals surface area contributed by atoms with Crippen molar-refractivity contribution in [3.8, 4) is 5.75 Å².